The van der Waals surface area contributed by atoms with Crippen molar-refractivity contribution in [2.24, 2.45) is 0 Å². The zero-order valence-electron chi connectivity index (χ0n) is 16.2. The molecule has 0 bridgehead atoms. The highest BCUT2D eigenvalue weighted by atomic mass is 16.6. The standard InChI is InChI=1S/C19H23N5O6/c1-29-12-6-10(2-3-11(12)26)4-5-20-17-14-18(22-8-21-17)24(9-23-14)19-16(28)15(27)13(7-25)30-19/h2-3,6,8-9,13,15-16,19,25-28H,4-5,7H2,1H3,(H,20,21,22)/t13-,15-,16-,19-/m1/s1. The Kier molecular flexibility index (Phi) is 5.68. The van der Waals surface area contributed by atoms with Gasteiger partial charge in [-0.15, -0.1) is 0 Å². The number of phenolic OH excluding ortho intramolecular Hbond substituents is 1. The molecular weight excluding hydrogens is 394 g/mol. The Hall–Kier alpha value is -2.99. The second-order valence-corrected chi connectivity index (χ2v) is 6.96. The smallest absolute Gasteiger partial charge is 0.167 e. The van der Waals surface area contributed by atoms with Crippen LogP contribution in [0.15, 0.2) is 30.9 Å². The predicted molar refractivity (Wildman–Crippen MR) is 105 cm³/mol. The van der Waals surface area contributed by atoms with E-state index in [1.54, 1.807) is 12.1 Å². The van der Waals surface area contributed by atoms with E-state index in [0.29, 0.717) is 35.7 Å². The van der Waals surface area contributed by atoms with Crippen molar-refractivity contribution in [1.82, 2.24) is 19.5 Å². The number of aromatic hydroxyl groups is 1. The first-order valence-electron chi connectivity index (χ1n) is 9.43. The van der Waals surface area contributed by atoms with Gasteiger partial charge < -0.3 is 35.2 Å². The largest absolute Gasteiger partial charge is 0.504 e. The molecule has 5 N–H and O–H groups in total. The fraction of sp³-hybridized carbons (Fsp3) is 0.421. The van der Waals surface area contributed by atoms with Crippen LogP contribution in [-0.4, -0.2) is 78.5 Å². The lowest BCUT2D eigenvalue weighted by Crippen LogP contribution is -2.33. The Morgan fingerprint density at radius 2 is 2.03 bits per heavy atom. The number of imidazole rings is 1. The molecule has 0 amide bonds. The van der Waals surface area contributed by atoms with Crippen molar-refractivity contribution >= 4 is 17.0 Å². The average Bonchev–Trinajstić information content (AvgIpc) is 3.31. The molecule has 0 unspecified atom stereocenters. The van der Waals surface area contributed by atoms with Crippen molar-refractivity contribution in [3.05, 3.63) is 36.4 Å². The van der Waals surface area contributed by atoms with Gasteiger partial charge >= 0.3 is 0 Å². The van der Waals surface area contributed by atoms with Gasteiger partial charge in [0.05, 0.1) is 20.0 Å². The van der Waals surface area contributed by atoms with Gasteiger partial charge in [-0.2, -0.15) is 0 Å². The molecule has 0 saturated carbocycles. The third-order valence-corrected chi connectivity index (χ3v) is 5.10. The molecule has 1 aliphatic rings. The van der Waals surface area contributed by atoms with Gasteiger partial charge in [0.25, 0.3) is 0 Å². The molecule has 11 nitrogen and oxygen atoms in total. The van der Waals surface area contributed by atoms with E-state index in [1.807, 2.05) is 6.07 Å². The van der Waals surface area contributed by atoms with E-state index in [4.69, 9.17) is 9.47 Å². The Bertz CT molecular complexity index is 1030. The highest BCUT2D eigenvalue weighted by Gasteiger charge is 2.44. The Morgan fingerprint density at radius 3 is 2.77 bits per heavy atom. The van der Waals surface area contributed by atoms with Crippen LogP contribution in [0.2, 0.25) is 0 Å². The quantitative estimate of drug-likeness (QED) is 0.349. The number of nitrogens with one attached hydrogen (secondary N) is 1. The zero-order chi connectivity index (χ0) is 21.3. The van der Waals surface area contributed by atoms with Crippen LogP contribution >= 0.6 is 0 Å². The molecular formula is C19H23N5O6. The Balaban J connectivity index is 1.50. The molecule has 3 heterocycles. The number of benzene rings is 1. The number of anilines is 1. The normalized spacial score (nSPS) is 23.7. The lowest BCUT2D eigenvalue weighted by atomic mass is 10.1. The molecule has 11 heteroatoms. The first-order valence-corrected chi connectivity index (χ1v) is 9.43. The minimum absolute atomic E-state index is 0.0853. The molecule has 3 aromatic rings. The number of aromatic nitrogens is 4. The third kappa shape index (κ3) is 3.63. The van der Waals surface area contributed by atoms with Gasteiger partial charge in [0.2, 0.25) is 0 Å². The van der Waals surface area contributed by atoms with Gasteiger partial charge in [0.1, 0.15) is 24.6 Å². The summed E-state index contributed by atoms with van der Waals surface area (Å²) in [6.07, 6.45) is -0.769. The second kappa shape index (κ2) is 8.40. The number of rotatable bonds is 7. The van der Waals surface area contributed by atoms with Crippen LogP contribution in [0.5, 0.6) is 11.5 Å². The average molecular weight is 417 g/mol. The van der Waals surface area contributed by atoms with Crippen molar-refractivity contribution in [2.45, 2.75) is 31.0 Å². The highest BCUT2D eigenvalue weighted by Crippen LogP contribution is 2.32. The fourth-order valence-corrected chi connectivity index (χ4v) is 3.48. The number of aliphatic hydroxyl groups is 3. The van der Waals surface area contributed by atoms with Crippen molar-refractivity contribution in [3.63, 3.8) is 0 Å². The molecule has 1 fully saturated rings. The lowest BCUT2D eigenvalue weighted by Gasteiger charge is -2.16. The van der Waals surface area contributed by atoms with Crippen LogP contribution in [0.4, 0.5) is 5.82 Å². The lowest BCUT2D eigenvalue weighted by molar-refractivity contribution is -0.0511. The molecule has 0 radical (unpaired) electrons. The van der Waals surface area contributed by atoms with Crippen LogP contribution in [0.25, 0.3) is 11.2 Å². The number of ether oxygens (including phenoxy) is 2. The summed E-state index contributed by atoms with van der Waals surface area (Å²) >= 11 is 0. The molecule has 4 rings (SSSR count). The van der Waals surface area contributed by atoms with Gasteiger partial charge in [-0.3, -0.25) is 4.57 Å². The first-order chi connectivity index (χ1) is 14.5. The first kappa shape index (κ1) is 20.3. The summed E-state index contributed by atoms with van der Waals surface area (Å²) in [5.74, 6) is 1.01. The van der Waals surface area contributed by atoms with Crippen LogP contribution in [0, 0.1) is 0 Å². The number of methoxy groups -OCH3 is 1. The molecule has 2 aromatic heterocycles. The van der Waals surface area contributed by atoms with Crippen LogP contribution in [0.1, 0.15) is 11.8 Å². The molecule has 4 atom stereocenters. The number of phenols is 1. The summed E-state index contributed by atoms with van der Waals surface area (Å²) in [6, 6.07) is 5.16. The van der Waals surface area contributed by atoms with E-state index in [-0.39, 0.29) is 5.75 Å². The van der Waals surface area contributed by atoms with Gasteiger partial charge in [0.15, 0.2) is 34.7 Å². The van der Waals surface area contributed by atoms with Crippen molar-refractivity contribution < 1.29 is 29.9 Å². The maximum Gasteiger partial charge on any atom is 0.167 e. The molecule has 160 valence electrons. The minimum atomic E-state index is -1.23. The molecule has 1 aliphatic heterocycles. The van der Waals surface area contributed by atoms with E-state index >= 15 is 0 Å². The topological polar surface area (TPSA) is 155 Å². The second-order valence-electron chi connectivity index (χ2n) is 6.96. The number of hydrogen-bond donors (Lipinski definition) is 5. The fourth-order valence-electron chi connectivity index (χ4n) is 3.48. The number of aliphatic hydroxyl groups excluding tert-OH is 3. The molecule has 0 spiro atoms. The molecule has 0 aliphatic carbocycles. The van der Waals surface area contributed by atoms with E-state index < -0.39 is 31.1 Å². The van der Waals surface area contributed by atoms with Gasteiger partial charge in [0, 0.05) is 6.54 Å². The molecule has 30 heavy (non-hydrogen) atoms. The number of nitrogens with zero attached hydrogens (tertiary/aromatic N) is 4. The predicted octanol–water partition coefficient (Wildman–Crippen LogP) is -0.193. The van der Waals surface area contributed by atoms with Crippen LogP contribution in [-0.2, 0) is 11.2 Å². The molecule has 1 aromatic carbocycles. The monoisotopic (exact) mass is 417 g/mol. The van der Waals surface area contributed by atoms with Crippen molar-refractivity contribution in [1.29, 1.82) is 0 Å². The van der Waals surface area contributed by atoms with Crippen molar-refractivity contribution in [2.75, 3.05) is 25.6 Å². The van der Waals surface area contributed by atoms with Crippen LogP contribution < -0.4 is 10.1 Å². The van der Waals surface area contributed by atoms with Crippen LogP contribution in [0.3, 0.4) is 0 Å². The highest BCUT2D eigenvalue weighted by molar-refractivity contribution is 5.82. The van der Waals surface area contributed by atoms with Gasteiger partial charge in [-0.1, -0.05) is 6.07 Å². The van der Waals surface area contributed by atoms with Crippen molar-refractivity contribution in [3.8, 4) is 11.5 Å². The SMILES string of the molecule is COc1cc(CCNc2ncnc3c2ncn3[C@@H]2O[C@H](CO)[C@@H](O)[C@H]2O)ccc1O. The maximum atomic E-state index is 10.3. The summed E-state index contributed by atoms with van der Waals surface area (Å²) in [5.41, 5.74) is 1.88. The number of hydrogen-bond acceptors (Lipinski definition) is 10. The zero-order valence-corrected chi connectivity index (χ0v) is 16.2. The van der Waals surface area contributed by atoms with E-state index in [9.17, 15) is 20.4 Å². The third-order valence-electron chi connectivity index (χ3n) is 5.10. The Labute approximate surface area is 171 Å². The Morgan fingerprint density at radius 1 is 1.20 bits per heavy atom. The number of fused-ring (bicyclic) bond motifs is 1. The van der Waals surface area contributed by atoms with Gasteiger partial charge in [-0.05, 0) is 24.1 Å². The maximum absolute atomic E-state index is 10.3. The molecule has 1 saturated heterocycles. The summed E-state index contributed by atoms with van der Waals surface area (Å²) in [5, 5.41) is 42.4. The van der Waals surface area contributed by atoms with E-state index in [0.717, 1.165) is 5.56 Å². The minimum Gasteiger partial charge on any atom is -0.504 e. The van der Waals surface area contributed by atoms with E-state index in [2.05, 4.69) is 20.3 Å². The summed E-state index contributed by atoms with van der Waals surface area (Å²) in [6.45, 7) is 0.131. The summed E-state index contributed by atoms with van der Waals surface area (Å²) < 4.78 is 12.2. The summed E-state index contributed by atoms with van der Waals surface area (Å²) in [4.78, 5) is 12.8. The summed E-state index contributed by atoms with van der Waals surface area (Å²) in [7, 11) is 1.50. The van der Waals surface area contributed by atoms with Gasteiger partial charge in [-0.25, -0.2) is 15.0 Å². The van der Waals surface area contributed by atoms with E-state index in [1.165, 1.54) is 24.3 Å².